The molecule has 0 atom stereocenters. The monoisotopic (exact) mass is 138 g/mol. The fraction of sp³-hybridized carbons (Fsp3) is 0.600. The van der Waals surface area contributed by atoms with Crippen LogP contribution < -0.4 is 0 Å². The third-order valence-corrected chi connectivity index (χ3v) is 1.30. The topological polar surface area (TPSA) is 0 Å². The highest BCUT2D eigenvalue weighted by Crippen LogP contribution is 1.92. The van der Waals surface area contributed by atoms with Gasteiger partial charge in [0.1, 0.15) is 0 Å². The van der Waals surface area contributed by atoms with E-state index in [-0.39, 0.29) is 0 Å². The molecule has 0 radical (unpaired) electrons. The van der Waals surface area contributed by atoms with Crippen LogP contribution in [0.25, 0.3) is 0 Å². The molecule has 0 saturated heterocycles. The molecule has 0 aromatic carbocycles. The van der Waals surface area contributed by atoms with Gasteiger partial charge in [-0.2, -0.15) is 0 Å². The average Bonchev–Trinajstić information content (AvgIpc) is 1.97. The maximum atomic E-state index is 2.25. The van der Waals surface area contributed by atoms with E-state index in [9.17, 15) is 0 Å². The zero-order valence-electron chi connectivity index (χ0n) is 7.14. The molecule has 0 N–H and O–H groups in total. The quantitative estimate of drug-likeness (QED) is 0.508. The van der Waals surface area contributed by atoms with Gasteiger partial charge in [-0.3, -0.25) is 0 Å². The Bertz CT molecular complexity index is 98.6. The standard InChI is InChI=1S/C10H18/c1-3-5-7-9-10-8-6-4-2/h5,7-8,10H,3-4,6,9H2,1-2H3/b7-5-,10-8-. The van der Waals surface area contributed by atoms with E-state index in [0.29, 0.717) is 0 Å². The second-order valence-corrected chi connectivity index (χ2v) is 2.38. The van der Waals surface area contributed by atoms with E-state index >= 15 is 0 Å². The lowest BCUT2D eigenvalue weighted by atomic mass is 10.2. The van der Waals surface area contributed by atoms with Crippen LogP contribution in [0.1, 0.15) is 39.5 Å². The number of rotatable bonds is 5. The fourth-order valence-corrected chi connectivity index (χ4v) is 0.722. The van der Waals surface area contributed by atoms with E-state index in [2.05, 4.69) is 38.2 Å². The van der Waals surface area contributed by atoms with Crippen molar-refractivity contribution >= 4 is 0 Å². The Morgan fingerprint density at radius 3 is 2.20 bits per heavy atom. The van der Waals surface area contributed by atoms with Crippen molar-refractivity contribution in [3.05, 3.63) is 24.3 Å². The summed E-state index contributed by atoms with van der Waals surface area (Å²) in [4.78, 5) is 0. The summed E-state index contributed by atoms with van der Waals surface area (Å²) in [6.45, 7) is 4.36. The van der Waals surface area contributed by atoms with Crippen LogP contribution in [0.15, 0.2) is 24.3 Å². The Morgan fingerprint density at radius 2 is 1.60 bits per heavy atom. The van der Waals surface area contributed by atoms with Crippen LogP contribution in [0.4, 0.5) is 0 Å². The van der Waals surface area contributed by atoms with Crippen molar-refractivity contribution in [2.24, 2.45) is 0 Å². The molecule has 0 aliphatic rings. The smallest absolute Gasteiger partial charge is 0.0169 e. The lowest BCUT2D eigenvalue weighted by Crippen LogP contribution is -1.62. The average molecular weight is 138 g/mol. The van der Waals surface area contributed by atoms with E-state index in [1.807, 2.05) is 0 Å². The van der Waals surface area contributed by atoms with Crippen molar-refractivity contribution in [2.45, 2.75) is 39.5 Å². The molecule has 0 saturated carbocycles. The second kappa shape index (κ2) is 8.48. The summed E-state index contributed by atoms with van der Waals surface area (Å²) in [6, 6.07) is 0. The molecule has 0 rings (SSSR count). The molecule has 0 aliphatic carbocycles. The summed E-state index contributed by atoms with van der Waals surface area (Å²) in [5, 5.41) is 0. The van der Waals surface area contributed by atoms with E-state index in [0.717, 1.165) is 12.8 Å². The summed E-state index contributed by atoms with van der Waals surface area (Å²) < 4.78 is 0. The van der Waals surface area contributed by atoms with Crippen molar-refractivity contribution < 1.29 is 0 Å². The van der Waals surface area contributed by atoms with Crippen LogP contribution in [0, 0.1) is 0 Å². The number of unbranched alkanes of at least 4 members (excludes halogenated alkanes) is 1. The lowest BCUT2D eigenvalue weighted by molar-refractivity contribution is 0.954. The van der Waals surface area contributed by atoms with E-state index < -0.39 is 0 Å². The Hall–Kier alpha value is -0.520. The number of allylic oxidation sites excluding steroid dienone is 4. The van der Waals surface area contributed by atoms with Crippen LogP contribution >= 0.6 is 0 Å². The van der Waals surface area contributed by atoms with E-state index in [1.54, 1.807) is 0 Å². The van der Waals surface area contributed by atoms with Crippen LogP contribution in [0.2, 0.25) is 0 Å². The molecule has 0 fully saturated rings. The minimum atomic E-state index is 1.10. The number of hydrogen-bond acceptors (Lipinski definition) is 0. The van der Waals surface area contributed by atoms with Gasteiger partial charge < -0.3 is 0 Å². The first-order chi connectivity index (χ1) is 4.91. The molecule has 10 heavy (non-hydrogen) atoms. The van der Waals surface area contributed by atoms with Crippen molar-refractivity contribution in [1.82, 2.24) is 0 Å². The van der Waals surface area contributed by atoms with Gasteiger partial charge in [-0.15, -0.1) is 0 Å². The predicted octanol–water partition coefficient (Wildman–Crippen LogP) is 3.70. The molecule has 0 aliphatic heterocycles. The van der Waals surface area contributed by atoms with Gasteiger partial charge in [-0.05, 0) is 19.3 Å². The maximum absolute atomic E-state index is 2.25. The zero-order chi connectivity index (χ0) is 7.66. The van der Waals surface area contributed by atoms with Crippen LogP contribution in [-0.2, 0) is 0 Å². The molecule has 0 amide bonds. The van der Waals surface area contributed by atoms with Crippen LogP contribution in [0.5, 0.6) is 0 Å². The Kier molecular flexibility index (Phi) is 8.04. The summed E-state index contributed by atoms with van der Waals surface area (Å²) in [5.41, 5.74) is 0. The SMILES string of the molecule is CC/C=C\C/C=C\CCC. The van der Waals surface area contributed by atoms with E-state index in [1.165, 1.54) is 12.8 Å². The van der Waals surface area contributed by atoms with Crippen molar-refractivity contribution in [3.63, 3.8) is 0 Å². The molecule has 0 aromatic heterocycles. The minimum absolute atomic E-state index is 1.10. The molecular weight excluding hydrogens is 120 g/mol. The third kappa shape index (κ3) is 7.48. The molecule has 0 spiro atoms. The van der Waals surface area contributed by atoms with Crippen molar-refractivity contribution in [1.29, 1.82) is 0 Å². The highest BCUT2D eigenvalue weighted by atomic mass is 13.8. The highest BCUT2D eigenvalue weighted by molar-refractivity contribution is 4.91. The van der Waals surface area contributed by atoms with Gasteiger partial charge in [0.15, 0.2) is 0 Å². The van der Waals surface area contributed by atoms with Gasteiger partial charge in [0.25, 0.3) is 0 Å². The normalized spacial score (nSPS) is 11.8. The van der Waals surface area contributed by atoms with Crippen molar-refractivity contribution in [3.8, 4) is 0 Å². The molecule has 0 bridgehead atoms. The molecular formula is C10H18. The van der Waals surface area contributed by atoms with Gasteiger partial charge >= 0.3 is 0 Å². The minimum Gasteiger partial charge on any atom is -0.0885 e. The van der Waals surface area contributed by atoms with Gasteiger partial charge in [0.05, 0.1) is 0 Å². The summed E-state index contributed by atoms with van der Waals surface area (Å²) in [5.74, 6) is 0. The highest BCUT2D eigenvalue weighted by Gasteiger charge is 1.71. The molecule has 0 heteroatoms. The molecule has 0 heterocycles. The Balaban J connectivity index is 3.09. The van der Waals surface area contributed by atoms with E-state index in [4.69, 9.17) is 0 Å². The van der Waals surface area contributed by atoms with Crippen LogP contribution in [-0.4, -0.2) is 0 Å². The second-order valence-electron chi connectivity index (χ2n) is 2.38. The first-order valence-corrected chi connectivity index (χ1v) is 4.21. The predicted molar refractivity (Wildman–Crippen MR) is 48.1 cm³/mol. The van der Waals surface area contributed by atoms with Gasteiger partial charge in [-0.1, -0.05) is 44.6 Å². The van der Waals surface area contributed by atoms with Gasteiger partial charge in [-0.25, -0.2) is 0 Å². The lowest BCUT2D eigenvalue weighted by Gasteiger charge is -1.83. The Labute approximate surface area is 64.6 Å². The molecule has 0 unspecified atom stereocenters. The molecule has 0 aromatic rings. The van der Waals surface area contributed by atoms with Crippen molar-refractivity contribution in [2.75, 3.05) is 0 Å². The zero-order valence-corrected chi connectivity index (χ0v) is 7.14. The van der Waals surface area contributed by atoms with Crippen LogP contribution in [0.3, 0.4) is 0 Å². The summed E-state index contributed by atoms with van der Waals surface area (Å²) in [7, 11) is 0. The largest absolute Gasteiger partial charge is 0.0885 e. The molecule has 0 nitrogen and oxygen atoms in total. The Morgan fingerprint density at radius 1 is 0.900 bits per heavy atom. The fourth-order valence-electron chi connectivity index (χ4n) is 0.722. The third-order valence-electron chi connectivity index (χ3n) is 1.30. The van der Waals surface area contributed by atoms with Gasteiger partial charge in [0.2, 0.25) is 0 Å². The summed E-state index contributed by atoms with van der Waals surface area (Å²) in [6.07, 6.45) is 13.6. The first kappa shape index (κ1) is 9.48. The summed E-state index contributed by atoms with van der Waals surface area (Å²) >= 11 is 0. The first-order valence-electron chi connectivity index (χ1n) is 4.21. The van der Waals surface area contributed by atoms with Gasteiger partial charge in [0, 0.05) is 0 Å². The maximum Gasteiger partial charge on any atom is -0.0169 e. The molecule has 58 valence electrons. The number of hydrogen-bond donors (Lipinski definition) is 0.